The Hall–Kier alpha value is -2.38. The Labute approximate surface area is 156 Å². The van der Waals surface area contributed by atoms with E-state index in [1.807, 2.05) is 13.0 Å². The van der Waals surface area contributed by atoms with Gasteiger partial charge in [0.2, 0.25) is 5.89 Å². The second kappa shape index (κ2) is 7.47. The number of benzene rings is 1. The lowest BCUT2D eigenvalue weighted by molar-refractivity contribution is 0.194. The van der Waals surface area contributed by atoms with Crippen LogP contribution < -0.4 is 9.47 Å². The van der Waals surface area contributed by atoms with Crippen LogP contribution in [0.3, 0.4) is 0 Å². The lowest BCUT2D eigenvalue weighted by Gasteiger charge is -2.17. The van der Waals surface area contributed by atoms with Gasteiger partial charge < -0.3 is 14.0 Å². The molecule has 0 radical (unpaired) electrons. The summed E-state index contributed by atoms with van der Waals surface area (Å²) in [6.07, 6.45) is 0.775. The number of aromatic nitrogens is 2. The summed E-state index contributed by atoms with van der Waals surface area (Å²) in [7, 11) is 1.69. The topological polar surface area (TPSA) is 60.6 Å². The fourth-order valence-corrected chi connectivity index (χ4v) is 3.81. The van der Waals surface area contributed by atoms with Crippen molar-refractivity contribution in [1.82, 2.24) is 15.0 Å². The van der Waals surface area contributed by atoms with Gasteiger partial charge in [-0.3, -0.25) is 4.90 Å². The van der Waals surface area contributed by atoms with Crippen molar-refractivity contribution >= 4 is 11.3 Å². The van der Waals surface area contributed by atoms with Gasteiger partial charge in [0.15, 0.2) is 17.3 Å². The van der Waals surface area contributed by atoms with Gasteiger partial charge in [-0.25, -0.2) is 0 Å². The van der Waals surface area contributed by atoms with Crippen molar-refractivity contribution in [2.45, 2.75) is 26.4 Å². The number of hydrogen-bond acceptors (Lipinski definition) is 7. The Bertz CT molecular complexity index is 876. The molecule has 0 atom stereocenters. The molecule has 1 aliphatic rings. The standard InChI is InChI=1S/C19H21N3O3S/c1-3-17-20-18(25-21-17)12-22-6-7-24-19-14(11-22)9-13(10-15(19)23-2)16-5-4-8-26-16/h4-5,8-10H,3,6-7,11-12H2,1-2H3. The summed E-state index contributed by atoms with van der Waals surface area (Å²) in [5.74, 6) is 2.99. The summed E-state index contributed by atoms with van der Waals surface area (Å²) in [5.41, 5.74) is 2.26. The van der Waals surface area contributed by atoms with Gasteiger partial charge in [-0.15, -0.1) is 11.3 Å². The van der Waals surface area contributed by atoms with Crippen LogP contribution in [0.15, 0.2) is 34.2 Å². The zero-order valence-corrected chi connectivity index (χ0v) is 15.7. The SMILES string of the molecule is CCc1noc(CN2CCOc3c(cc(-c4cccs4)cc3OC)C2)n1. The predicted molar refractivity (Wildman–Crippen MR) is 99.6 cm³/mol. The maximum atomic E-state index is 6.01. The van der Waals surface area contributed by atoms with Crippen molar-refractivity contribution in [3.63, 3.8) is 0 Å². The van der Waals surface area contributed by atoms with Crippen LogP contribution in [0.2, 0.25) is 0 Å². The van der Waals surface area contributed by atoms with Crippen LogP contribution in [0, 0.1) is 0 Å². The Morgan fingerprint density at radius 3 is 3.00 bits per heavy atom. The summed E-state index contributed by atoms with van der Waals surface area (Å²) in [4.78, 5) is 7.89. The second-order valence-electron chi connectivity index (χ2n) is 6.16. The van der Waals surface area contributed by atoms with Crippen LogP contribution in [0.4, 0.5) is 0 Å². The van der Waals surface area contributed by atoms with Gasteiger partial charge >= 0.3 is 0 Å². The number of methoxy groups -OCH3 is 1. The number of rotatable bonds is 5. The van der Waals surface area contributed by atoms with Gasteiger partial charge in [0.05, 0.1) is 13.7 Å². The van der Waals surface area contributed by atoms with Crippen LogP contribution in [0.5, 0.6) is 11.5 Å². The molecule has 2 aromatic heterocycles. The number of aryl methyl sites for hydroxylation is 1. The van der Waals surface area contributed by atoms with E-state index in [-0.39, 0.29) is 0 Å². The minimum absolute atomic E-state index is 0.594. The molecule has 0 fully saturated rings. The Morgan fingerprint density at radius 1 is 1.35 bits per heavy atom. The molecule has 1 aliphatic heterocycles. The van der Waals surface area contributed by atoms with Crippen LogP contribution >= 0.6 is 11.3 Å². The van der Waals surface area contributed by atoms with E-state index >= 15 is 0 Å². The first kappa shape index (κ1) is 17.1. The molecule has 3 aromatic rings. The van der Waals surface area contributed by atoms with Crippen molar-refractivity contribution in [3.05, 3.63) is 46.9 Å². The highest BCUT2D eigenvalue weighted by Gasteiger charge is 2.22. The molecule has 4 rings (SSSR count). The zero-order chi connectivity index (χ0) is 17.9. The number of thiophene rings is 1. The van der Waals surface area contributed by atoms with Gasteiger partial charge in [-0.2, -0.15) is 4.98 Å². The third-order valence-corrected chi connectivity index (χ3v) is 5.31. The molecule has 0 saturated heterocycles. The first-order valence-electron chi connectivity index (χ1n) is 8.68. The molecule has 0 saturated carbocycles. The minimum Gasteiger partial charge on any atom is -0.493 e. The van der Waals surface area contributed by atoms with Crippen molar-refractivity contribution in [1.29, 1.82) is 0 Å². The van der Waals surface area contributed by atoms with E-state index in [9.17, 15) is 0 Å². The number of fused-ring (bicyclic) bond motifs is 1. The highest BCUT2D eigenvalue weighted by Crippen LogP contribution is 2.39. The quantitative estimate of drug-likeness (QED) is 0.680. The highest BCUT2D eigenvalue weighted by atomic mass is 32.1. The highest BCUT2D eigenvalue weighted by molar-refractivity contribution is 7.13. The van der Waals surface area contributed by atoms with Crippen molar-refractivity contribution in [2.75, 3.05) is 20.3 Å². The normalized spacial score (nSPS) is 14.5. The first-order chi connectivity index (χ1) is 12.8. The smallest absolute Gasteiger partial charge is 0.240 e. The summed E-state index contributed by atoms with van der Waals surface area (Å²) >= 11 is 1.72. The van der Waals surface area contributed by atoms with Crippen LogP contribution in [-0.4, -0.2) is 35.3 Å². The van der Waals surface area contributed by atoms with Crippen molar-refractivity contribution < 1.29 is 14.0 Å². The van der Waals surface area contributed by atoms with E-state index in [4.69, 9.17) is 14.0 Å². The molecule has 136 valence electrons. The van der Waals surface area contributed by atoms with Crippen LogP contribution in [-0.2, 0) is 19.5 Å². The summed E-state index contributed by atoms with van der Waals surface area (Å²) < 4.78 is 17.0. The molecule has 7 heteroatoms. The number of hydrogen-bond donors (Lipinski definition) is 0. The average molecular weight is 371 g/mol. The lowest BCUT2D eigenvalue weighted by Crippen LogP contribution is -2.25. The molecule has 0 N–H and O–H groups in total. The van der Waals surface area contributed by atoms with E-state index in [1.165, 1.54) is 4.88 Å². The van der Waals surface area contributed by atoms with Crippen LogP contribution in [0.1, 0.15) is 24.2 Å². The Balaban J connectivity index is 1.63. The van der Waals surface area contributed by atoms with Crippen molar-refractivity contribution in [3.8, 4) is 21.9 Å². The maximum Gasteiger partial charge on any atom is 0.240 e. The minimum atomic E-state index is 0.594. The Kier molecular flexibility index (Phi) is 4.90. The molecule has 0 spiro atoms. The summed E-state index contributed by atoms with van der Waals surface area (Å²) in [6.45, 7) is 4.76. The summed E-state index contributed by atoms with van der Waals surface area (Å²) in [5, 5.41) is 6.06. The zero-order valence-electron chi connectivity index (χ0n) is 14.9. The van der Waals surface area contributed by atoms with E-state index < -0.39 is 0 Å². The van der Waals surface area contributed by atoms with Crippen LogP contribution in [0.25, 0.3) is 10.4 Å². The van der Waals surface area contributed by atoms with E-state index in [0.717, 1.165) is 48.0 Å². The molecule has 26 heavy (non-hydrogen) atoms. The monoisotopic (exact) mass is 371 g/mol. The first-order valence-corrected chi connectivity index (χ1v) is 9.56. The van der Waals surface area contributed by atoms with E-state index in [0.29, 0.717) is 19.0 Å². The Morgan fingerprint density at radius 2 is 2.27 bits per heavy atom. The molecule has 0 bridgehead atoms. The van der Waals surface area contributed by atoms with Gasteiger partial charge in [0, 0.05) is 30.0 Å². The molecule has 0 aliphatic carbocycles. The molecule has 0 amide bonds. The second-order valence-corrected chi connectivity index (χ2v) is 7.11. The molecule has 6 nitrogen and oxygen atoms in total. The fourth-order valence-electron chi connectivity index (χ4n) is 3.10. The van der Waals surface area contributed by atoms with E-state index in [2.05, 4.69) is 38.6 Å². The van der Waals surface area contributed by atoms with Gasteiger partial charge in [-0.05, 0) is 29.1 Å². The van der Waals surface area contributed by atoms with Gasteiger partial charge in [-0.1, -0.05) is 18.1 Å². The third kappa shape index (κ3) is 3.45. The maximum absolute atomic E-state index is 6.01. The molecule has 0 unspecified atom stereocenters. The fraction of sp³-hybridized carbons (Fsp3) is 0.368. The largest absolute Gasteiger partial charge is 0.493 e. The van der Waals surface area contributed by atoms with E-state index in [1.54, 1.807) is 18.4 Å². The predicted octanol–water partition coefficient (Wildman–Crippen LogP) is 3.76. The number of nitrogens with zero attached hydrogens (tertiary/aromatic N) is 3. The summed E-state index contributed by atoms with van der Waals surface area (Å²) in [6, 6.07) is 8.41. The van der Waals surface area contributed by atoms with Gasteiger partial charge in [0.25, 0.3) is 0 Å². The number of ether oxygens (including phenoxy) is 2. The third-order valence-electron chi connectivity index (χ3n) is 4.39. The molecule has 1 aromatic carbocycles. The average Bonchev–Trinajstić information content (AvgIpc) is 3.30. The lowest BCUT2D eigenvalue weighted by atomic mass is 10.1. The molecular formula is C19H21N3O3S. The van der Waals surface area contributed by atoms with Crippen molar-refractivity contribution in [2.24, 2.45) is 0 Å². The van der Waals surface area contributed by atoms with Gasteiger partial charge in [0.1, 0.15) is 6.61 Å². The molecular weight excluding hydrogens is 350 g/mol. The molecule has 3 heterocycles.